The van der Waals surface area contributed by atoms with E-state index in [1.807, 2.05) is 0 Å². The van der Waals surface area contributed by atoms with E-state index in [0.29, 0.717) is 11.0 Å². The fourth-order valence-electron chi connectivity index (χ4n) is 2.69. The molecular weight excluding hydrogens is 160 g/mol. The maximum Gasteiger partial charge on any atom is 0.0683 e. The van der Waals surface area contributed by atoms with Crippen LogP contribution in [0, 0.1) is 5.41 Å². The first-order chi connectivity index (χ1) is 6.12. The number of hydrogen-bond acceptors (Lipinski definition) is 1. The average Bonchev–Trinajstić information content (AvgIpc) is 2.13. The molecule has 1 aliphatic heterocycles. The third kappa shape index (κ3) is 2.07. The van der Waals surface area contributed by atoms with Crippen molar-refractivity contribution < 1.29 is 4.74 Å². The van der Waals surface area contributed by atoms with E-state index >= 15 is 0 Å². The van der Waals surface area contributed by atoms with Gasteiger partial charge in [0, 0.05) is 6.61 Å². The van der Waals surface area contributed by atoms with Crippen LogP contribution < -0.4 is 0 Å². The summed E-state index contributed by atoms with van der Waals surface area (Å²) >= 11 is 0. The lowest BCUT2D eigenvalue weighted by atomic mass is 9.69. The Balaban J connectivity index is 1.95. The molecule has 1 saturated heterocycles. The van der Waals surface area contributed by atoms with Gasteiger partial charge in [0.15, 0.2) is 0 Å². The van der Waals surface area contributed by atoms with Crippen LogP contribution in [0.4, 0.5) is 0 Å². The molecule has 1 nitrogen and oxygen atoms in total. The van der Waals surface area contributed by atoms with Crippen molar-refractivity contribution in [1.82, 2.24) is 0 Å². The molecule has 76 valence electrons. The van der Waals surface area contributed by atoms with Crippen LogP contribution in [0.3, 0.4) is 0 Å². The highest BCUT2D eigenvalue weighted by molar-refractivity contribution is 4.91. The molecule has 0 aromatic carbocycles. The third-order valence-electron chi connectivity index (χ3n) is 3.95. The van der Waals surface area contributed by atoms with E-state index in [1.54, 1.807) is 0 Å². The summed E-state index contributed by atoms with van der Waals surface area (Å²) in [6.07, 6.45) is 9.31. The van der Waals surface area contributed by atoms with Gasteiger partial charge >= 0.3 is 0 Å². The first-order valence-corrected chi connectivity index (χ1v) is 5.76. The molecule has 2 rings (SSSR count). The van der Waals surface area contributed by atoms with Crippen LogP contribution in [-0.2, 0) is 4.74 Å². The molecule has 0 N–H and O–H groups in total. The van der Waals surface area contributed by atoms with Crippen molar-refractivity contribution in [3.05, 3.63) is 0 Å². The van der Waals surface area contributed by atoms with Gasteiger partial charge in [-0.25, -0.2) is 0 Å². The minimum Gasteiger partial charge on any atom is -0.375 e. The predicted octanol–water partition coefficient (Wildman–Crippen LogP) is 3.53. The van der Waals surface area contributed by atoms with E-state index in [9.17, 15) is 0 Å². The summed E-state index contributed by atoms with van der Waals surface area (Å²) in [5.41, 5.74) is 0.889. The third-order valence-corrected chi connectivity index (χ3v) is 3.95. The van der Waals surface area contributed by atoms with Crippen LogP contribution in [0.25, 0.3) is 0 Å². The smallest absolute Gasteiger partial charge is 0.0683 e. The highest BCUT2D eigenvalue weighted by Crippen LogP contribution is 2.45. The zero-order valence-electron chi connectivity index (χ0n) is 9.07. The Labute approximate surface area is 81.9 Å². The maximum absolute atomic E-state index is 6.00. The lowest BCUT2D eigenvalue weighted by Gasteiger charge is -2.45. The number of hydrogen-bond donors (Lipinski definition) is 0. The van der Waals surface area contributed by atoms with E-state index in [4.69, 9.17) is 4.74 Å². The van der Waals surface area contributed by atoms with Crippen molar-refractivity contribution >= 4 is 0 Å². The SMILES string of the molecule is CC1(C)CCC2(CCCCO2)CC1. The lowest BCUT2D eigenvalue weighted by molar-refractivity contribution is -0.114. The Bertz CT molecular complexity index is 166. The maximum atomic E-state index is 6.00. The van der Waals surface area contributed by atoms with Gasteiger partial charge in [-0.05, 0) is 50.4 Å². The summed E-state index contributed by atoms with van der Waals surface area (Å²) in [6, 6.07) is 0. The molecule has 0 amide bonds. The first kappa shape index (κ1) is 9.51. The Kier molecular flexibility index (Phi) is 2.39. The summed E-state index contributed by atoms with van der Waals surface area (Å²) < 4.78 is 6.00. The summed E-state index contributed by atoms with van der Waals surface area (Å²) in [5.74, 6) is 0. The van der Waals surface area contributed by atoms with Gasteiger partial charge < -0.3 is 4.74 Å². The van der Waals surface area contributed by atoms with Crippen LogP contribution in [0.2, 0.25) is 0 Å². The Morgan fingerprint density at radius 1 is 0.846 bits per heavy atom. The quantitative estimate of drug-likeness (QED) is 0.557. The van der Waals surface area contributed by atoms with E-state index in [-0.39, 0.29) is 0 Å². The second-order valence-corrected chi connectivity index (χ2v) is 5.65. The zero-order chi connectivity index (χ0) is 9.36. The van der Waals surface area contributed by atoms with Crippen molar-refractivity contribution in [2.24, 2.45) is 5.41 Å². The summed E-state index contributed by atoms with van der Waals surface area (Å²) in [4.78, 5) is 0. The molecule has 2 fully saturated rings. The molecule has 1 heterocycles. The summed E-state index contributed by atoms with van der Waals surface area (Å²) in [6.45, 7) is 5.80. The van der Waals surface area contributed by atoms with E-state index < -0.39 is 0 Å². The van der Waals surface area contributed by atoms with Crippen LogP contribution >= 0.6 is 0 Å². The van der Waals surface area contributed by atoms with Crippen molar-refractivity contribution in [1.29, 1.82) is 0 Å². The van der Waals surface area contributed by atoms with E-state index in [1.165, 1.54) is 44.9 Å². The van der Waals surface area contributed by atoms with Crippen LogP contribution in [0.5, 0.6) is 0 Å². The molecule has 0 aromatic rings. The van der Waals surface area contributed by atoms with Gasteiger partial charge in [0.2, 0.25) is 0 Å². The van der Waals surface area contributed by atoms with Crippen LogP contribution in [0.15, 0.2) is 0 Å². The van der Waals surface area contributed by atoms with Gasteiger partial charge in [0.05, 0.1) is 5.60 Å². The Morgan fingerprint density at radius 2 is 1.54 bits per heavy atom. The standard InChI is InChI=1S/C12H22O/c1-11(2)6-8-12(9-7-11)5-3-4-10-13-12/h3-10H2,1-2H3. The second-order valence-electron chi connectivity index (χ2n) is 5.65. The van der Waals surface area contributed by atoms with Gasteiger partial charge in [0.1, 0.15) is 0 Å². The van der Waals surface area contributed by atoms with Gasteiger partial charge in [-0.1, -0.05) is 13.8 Å². The molecule has 0 atom stereocenters. The molecule has 1 heteroatoms. The van der Waals surface area contributed by atoms with Gasteiger partial charge in [0.25, 0.3) is 0 Å². The number of rotatable bonds is 0. The van der Waals surface area contributed by atoms with Gasteiger partial charge in [-0.15, -0.1) is 0 Å². The molecule has 2 aliphatic rings. The largest absolute Gasteiger partial charge is 0.375 e. The zero-order valence-corrected chi connectivity index (χ0v) is 9.07. The van der Waals surface area contributed by atoms with Crippen LogP contribution in [0.1, 0.15) is 58.8 Å². The highest BCUT2D eigenvalue weighted by Gasteiger charge is 2.39. The van der Waals surface area contributed by atoms with Crippen molar-refractivity contribution in [3.8, 4) is 0 Å². The van der Waals surface area contributed by atoms with E-state index in [0.717, 1.165) is 6.61 Å². The Morgan fingerprint density at radius 3 is 2.08 bits per heavy atom. The lowest BCUT2D eigenvalue weighted by Crippen LogP contribution is -2.41. The van der Waals surface area contributed by atoms with Gasteiger partial charge in [-0.3, -0.25) is 0 Å². The molecular formula is C12H22O. The van der Waals surface area contributed by atoms with Crippen molar-refractivity contribution in [2.45, 2.75) is 64.4 Å². The molecule has 1 aliphatic carbocycles. The van der Waals surface area contributed by atoms with Crippen LogP contribution in [-0.4, -0.2) is 12.2 Å². The molecule has 1 spiro atoms. The molecule has 0 bridgehead atoms. The topological polar surface area (TPSA) is 9.23 Å². The highest BCUT2D eigenvalue weighted by atomic mass is 16.5. The fraction of sp³-hybridized carbons (Fsp3) is 1.00. The Hall–Kier alpha value is -0.0400. The van der Waals surface area contributed by atoms with Crippen molar-refractivity contribution in [3.63, 3.8) is 0 Å². The molecule has 0 aromatic heterocycles. The fourth-order valence-corrected chi connectivity index (χ4v) is 2.69. The van der Waals surface area contributed by atoms with Gasteiger partial charge in [-0.2, -0.15) is 0 Å². The predicted molar refractivity (Wildman–Crippen MR) is 54.8 cm³/mol. The first-order valence-electron chi connectivity index (χ1n) is 5.76. The minimum atomic E-state index is 0.313. The summed E-state index contributed by atoms with van der Waals surface area (Å²) in [7, 11) is 0. The van der Waals surface area contributed by atoms with E-state index in [2.05, 4.69) is 13.8 Å². The monoisotopic (exact) mass is 182 g/mol. The molecule has 0 unspecified atom stereocenters. The summed E-state index contributed by atoms with van der Waals surface area (Å²) in [5, 5.41) is 0. The molecule has 13 heavy (non-hydrogen) atoms. The molecule has 0 radical (unpaired) electrons. The average molecular weight is 182 g/mol. The second kappa shape index (κ2) is 3.27. The number of ether oxygens (including phenoxy) is 1. The van der Waals surface area contributed by atoms with Crippen molar-refractivity contribution in [2.75, 3.05) is 6.61 Å². The minimum absolute atomic E-state index is 0.313. The molecule has 1 saturated carbocycles. The normalized spacial score (nSPS) is 31.8.